The first-order valence-electron chi connectivity index (χ1n) is 9.46. The lowest BCUT2D eigenvalue weighted by Gasteiger charge is -2.41. The maximum Gasteiger partial charge on any atom is 0.317 e. The minimum absolute atomic E-state index is 0.118. The highest BCUT2D eigenvalue weighted by Crippen LogP contribution is 2.51. The Morgan fingerprint density at radius 3 is 2.68 bits per heavy atom. The Hall–Kier alpha value is -1.20. The molecule has 136 valence electrons. The summed E-state index contributed by atoms with van der Waals surface area (Å²) in [4.78, 5) is 15.0. The largest absolute Gasteiger partial charge is 0.381 e. The maximum atomic E-state index is 13.0. The van der Waals surface area contributed by atoms with Gasteiger partial charge in [0.25, 0.3) is 0 Å². The van der Waals surface area contributed by atoms with Crippen LogP contribution in [0.4, 0.5) is 4.79 Å². The van der Waals surface area contributed by atoms with Crippen molar-refractivity contribution in [3.8, 4) is 0 Å². The maximum absolute atomic E-state index is 13.0. The molecule has 1 spiro atoms. The number of piperidine rings is 1. The molecule has 0 aromatic heterocycles. The van der Waals surface area contributed by atoms with Crippen LogP contribution in [0.5, 0.6) is 0 Å². The van der Waals surface area contributed by atoms with E-state index in [1.54, 1.807) is 0 Å². The van der Waals surface area contributed by atoms with Gasteiger partial charge in [-0.05, 0) is 49.5 Å². The van der Waals surface area contributed by atoms with E-state index in [9.17, 15) is 4.79 Å². The Morgan fingerprint density at radius 2 is 1.96 bits per heavy atom. The Bertz CT molecular complexity index is 622. The molecule has 4 nitrogen and oxygen atoms in total. The molecule has 0 bridgehead atoms. The number of amides is 2. The molecule has 1 aliphatic carbocycles. The number of urea groups is 1. The lowest BCUT2D eigenvalue weighted by atomic mass is 9.74. The standard InChI is InChI=1S/C20H28N2O2S/c1-25-16-6-10-22(11-7-16)19(23)21-18-17-5-3-2-4-15(17)14-20(18)8-12-24-13-9-20/h2-5,16,18H,6-14H2,1H3,(H,21,23). The quantitative estimate of drug-likeness (QED) is 0.876. The van der Waals surface area contributed by atoms with Crippen LogP contribution in [-0.2, 0) is 11.2 Å². The summed E-state index contributed by atoms with van der Waals surface area (Å²) in [6.45, 7) is 3.36. The van der Waals surface area contributed by atoms with Crippen molar-refractivity contribution in [3.05, 3.63) is 35.4 Å². The number of likely N-dealkylation sites (tertiary alicyclic amines) is 1. The van der Waals surface area contributed by atoms with Gasteiger partial charge in [0, 0.05) is 37.0 Å². The smallest absolute Gasteiger partial charge is 0.317 e. The topological polar surface area (TPSA) is 41.6 Å². The second-order valence-electron chi connectivity index (χ2n) is 7.65. The second-order valence-corrected chi connectivity index (χ2v) is 8.79. The van der Waals surface area contributed by atoms with Crippen LogP contribution in [-0.4, -0.2) is 48.7 Å². The predicted octanol–water partition coefficient (Wildman–Crippen LogP) is 3.62. The summed E-state index contributed by atoms with van der Waals surface area (Å²) >= 11 is 1.93. The molecular formula is C20H28N2O2S. The zero-order valence-electron chi connectivity index (χ0n) is 15.0. The molecule has 5 heteroatoms. The first-order chi connectivity index (χ1) is 12.2. The lowest BCUT2D eigenvalue weighted by molar-refractivity contribution is 0.00116. The van der Waals surface area contributed by atoms with E-state index in [2.05, 4.69) is 35.8 Å². The Morgan fingerprint density at radius 1 is 1.24 bits per heavy atom. The molecular weight excluding hydrogens is 332 g/mol. The molecule has 2 fully saturated rings. The summed E-state index contributed by atoms with van der Waals surface area (Å²) in [7, 11) is 0. The highest BCUT2D eigenvalue weighted by Gasteiger charge is 2.47. The molecule has 2 saturated heterocycles. The average molecular weight is 361 g/mol. The van der Waals surface area contributed by atoms with E-state index in [0.717, 1.165) is 58.4 Å². The van der Waals surface area contributed by atoms with Gasteiger partial charge in [0.15, 0.2) is 0 Å². The van der Waals surface area contributed by atoms with Gasteiger partial charge in [0.05, 0.1) is 6.04 Å². The van der Waals surface area contributed by atoms with E-state index in [-0.39, 0.29) is 17.5 Å². The number of nitrogens with one attached hydrogen (secondary N) is 1. The van der Waals surface area contributed by atoms with Crippen LogP contribution in [0.2, 0.25) is 0 Å². The van der Waals surface area contributed by atoms with Crippen molar-refractivity contribution in [2.45, 2.75) is 43.4 Å². The highest BCUT2D eigenvalue weighted by atomic mass is 32.2. The number of hydrogen-bond acceptors (Lipinski definition) is 3. The summed E-state index contributed by atoms with van der Waals surface area (Å²) < 4.78 is 5.62. The number of carbonyl (C=O) groups excluding carboxylic acids is 1. The van der Waals surface area contributed by atoms with E-state index in [1.807, 2.05) is 16.7 Å². The number of hydrogen-bond donors (Lipinski definition) is 1. The molecule has 3 aliphatic rings. The molecule has 0 radical (unpaired) electrons. The van der Waals surface area contributed by atoms with Gasteiger partial charge in [-0.3, -0.25) is 0 Å². The van der Waals surface area contributed by atoms with Gasteiger partial charge in [0.2, 0.25) is 0 Å². The first-order valence-corrected chi connectivity index (χ1v) is 10.7. The van der Waals surface area contributed by atoms with Gasteiger partial charge in [0.1, 0.15) is 0 Å². The molecule has 1 N–H and O–H groups in total. The fourth-order valence-electron chi connectivity index (χ4n) is 4.77. The zero-order valence-corrected chi connectivity index (χ0v) is 15.8. The number of nitrogens with zero attached hydrogens (tertiary/aromatic N) is 1. The zero-order chi connectivity index (χ0) is 17.3. The van der Waals surface area contributed by atoms with Crippen molar-refractivity contribution >= 4 is 17.8 Å². The Kier molecular flexibility index (Phi) is 4.96. The normalized spacial score (nSPS) is 25.8. The van der Waals surface area contributed by atoms with Crippen LogP contribution in [0.3, 0.4) is 0 Å². The summed E-state index contributed by atoms with van der Waals surface area (Å²) in [6.07, 6.45) is 7.50. The van der Waals surface area contributed by atoms with Gasteiger partial charge in [-0.2, -0.15) is 11.8 Å². The minimum atomic E-state index is 0.118. The summed E-state index contributed by atoms with van der Waals surface area (Å²) in [5.74, 6) is 0. The second kappa shape index (κ2) is 7.20. The van der Waals surface area contributed by atoms with Crippen LogP contribution in [0.25, 0.3) is 0 Å². The molecule has 1 unspecified atom stereocenters. The molecule has 2 heterocycles. The van der Waals surface area contributed by atoms with Gasteiger partial charge < -0.3 is 15.0 Å². The van der Waals surface area contributed by atoms with Crippen molar-refractivity contribution in [2.75, 3.05) is 32.6 Å². The molecule has 1 aromatic carbocycles. The van der Waals surface area contributed by atoms with E-state index < -0.39 is 0 Å². The van der Waals surface area contributed by atoms with E-state index in [0.29, 0.717) is 5.25 Å². The fourth-order valence-corrected chi connectivity index (χ4v) is 5.45. The van der Waals surface area contributed by atoms with Gasteiger partial charge in [-0.15, -0.1) is 0 Å². The number of ether oxygens (including phenoxy) is 1. The monoisotopic (exact) mass is 360 g/mol. The number of benzene rings is 1. The van der Waals surface area contributed by atoms with E-state index in [4.69, 9.17) is 4.74 Å². The van der Waals surface area contributed by atoms with Crippen LogP contribution in [0.1, 0.15) is 42.9 Å². The van der Waals surface area contributed by atoms with Crippen LogP contribution in [0.15, 0.2) is 24.3 Å². The summed E-state index contributed by atoms with van der Waals surface area (Å²) in [6, 6.07) is 8.88. The Balaban J connectivity index is 1.51. The van der Waals surface area contributed by atoms with Crippen molar-refractivity contribution in [3.63, 3.8) is 0 Å². The van der Waals surface area contributed by atoms with Crippen LogP contribution >= 0.6 is 11.8 Å². The third kappa shape index (κ3) is 3.28. The Labute approximate surface area is 154 Å². The first kappa shape index (κ1) is 17.2. The lowest BCUT2D eigenvalue weighted by Crippen LogP contribution is -2.49. The number of rotatable bonds is 2. The van der Waals surface area contributed by atoms with Crippen molar-refractivity contribution in [2.24, 2.45) is 5.41 Å². The van der Waals surface area contributed by atoms with Crippen molar-refractivity contribution in [1.29, 1.82) is 0 Å². The number of carbonyl (C=O) groups is 1. The van der Waals surface area contributed by atoms with Crippen LogP contribution in [0, 0.1) is 5.41 Å². The minimum Gasteiger partial charge on any atom is -0.381 e. The third-order valence-electron chi connectivity index (χ3n) is 6.34. The average Bonchev–Trinajstić information content (AvgIpc) is 2.95. The van der Waals surface area contributed by atoms with E-state index >= 15 is 0 Å². The molecule has 4 rings (SSSR count). The molecule has 2 amide bonds. The van der Waals surface area contributed by atoms with Gasteiger partial charge >= 0.3 is 6.03 Å². The third-order valence-corrected chi connectivity index (χ3v) is 7.48. The molecule has 25 heavy (non-hydrogen) atoms. The number of fused-ring (bicyclic) bond motifs is 1. The molecule has 2 aliphatic heterocycles. The fraction of sp³-hybridized carbons (Fsp3) is 0.650. The predicted molar refractivity (Wildman–Crippen MR) is 102 cm³/mol. The van der Waals surface area contributed by atoms with Crippen molar-refractivity contribution < 1.29 is 9.53 Å². The SMILES string of the molecule is CSC1CCN(C(=O)NC2c3ccccc3CC23CCOCC3)CC1. The van der Waals surface area contributed by atoms with Gasteiger partial charge in [-0.1, -0.05) is 24.3 Å². The molecule has 1 atom stereocenters. The molecule has 0 saturated carbocycles. The highest BCUT2D eigenvalue weighted by molar-refractivity contribution is 7.99. The van der Waals surface area contributed by atoms with Gasteiger partial charge in [-0.25, -0.2) is 4.79 Å². The molecule has 1 aromatic rings. The summed E-state index contributed by atoms with van der Waals surface area (Å²) in [5, 5.41) is 4.13. The summed E-state index contributed by atoms with van der Waals surface area (Å²) in [5.41, 5.74) is 2.85. The van der Waals surface area contributed by atoms with Crippen LogP contribution < -0.4 is 5.32 Å². The number of thioether (sulfide) groups is 1. The van der Waals surface area contributed by atoms with E-state index in [1.165, 1.54) is 11.1 Å². The van der Waals surface area contributed by atoms with Crippen molar-refractivity contribution in [1.82, 2.24) is 10.2 Å².